The van der Waals surface area contributed by atoms with E-state index < -0.39 is 0 Å². The van der Waals surface area contributed by atoms with Crippen molar-refractivity contribution in [2.45, 2.75) is 38.5 Å². The molecule has 0 bridgehead atoms. The van der Waals surface area contributed by atoms with Crippen LogP contribution in [0.4, 0.5) is 4.39 Å². The maximum atomic E-state index is 13.2. The Morgan fingerprint density at radius 3 is 2.55 bits per heavy atom. The third kappa shape index (κ3) is 4.98. The molecule has 124 valence electrons. The number of piperidine rings is 1. The highest BCUT2D eigenvalue weighted by molar-refractivity contribution is 14.0. The first-order chi connectivity index (χ1) is 9.90. The first kappa shape index (κ1) is 19.5. The van der Waals surface area contributed by atoms with Crippen LogP contribution in [0.3, 0.4) is 0 Å². The minimum atomic E-state index is -0.323. The van der Waals surface area contributed by atoms with Gasteiger partial charge in [0.2, 0.25) is 0 Å². The maximum Gasteiger partial charge on any atom is 0.191 e. The lowest BCUT2D eigenvalue weighted by Gasteiger charge is -2.29. The van der Waals surface area contributed by atoms with E-state index in [4.69, 9.17) is 17.3 Å². The number of halogens is 3. The van der Waals surface area contributed by atoms with Gasteiger partial charge in [-0.25, -0.2) is 4.39 Å². The average Bonchev–Trinajstić information content (AvgIpc) is 2.45. The van der Waals surface area contributed by atoms with Crippen LogP contribution in [0.5, 0.6) is 0 Å². The van der Waals surface area contributed by atoms with Gasteiger partial charge in [-0.15, -0.1) is 24.0 Å². The summed E-state index contributed by atoms with van der Waals surface area (Å²) in [5.41, 5.74) is 6.68. The second-order valence-corrected chi connectivity index (χ2v) is 6.64. The zero-order valence-corrected chi connectivity index (χ0v) is 16.2. The van der Waals surface area contributed by atoms with Crippen molar-refractivity contribution < 1.29 is 4.39 Å². The van der Waals surface area contributed by atoms with Gasteiger partial charge in [0, 0.05) is 23.5 Å². The Bertz CT molecular complexity index is 528. The van der Waals surface area contributed by atoms with Crippen LogP contribution in [0.15, 0.2) is 23.2 Å². The minimum absolute atomic E-state index is 0. The summed E-state index contributed by atoms with van der Waals surface area (Å²) in [4.78, 5) is 6.66. The van der Waals surface area contributed by atoms with E-state index >= 15 is 0 Å². The standard InChI is InChI=1S/C16H23ClFN3.HI/c1-16(2,13-7-6-12(18)10-14(13)17)11-20-15(19)21-8-4-3-5-9-21;/h6-7,10H,3-5,8-9,11H2,1-2H3,(H2,19,20);1H. The van der Waals surface area contributed by atoms with E-state index in [2.05, 4.69) is 9.89 Å². The summed E-state index contributed by atoms with van der Waals surface area (Å²) >= 11 is 6.15. The summed E-state index contributed by atoms with van der Waals surface area (Å²) in [6, 6.07) is 4.50. The van der Waals surface area contributed by atoms with Gasteiger partial charge >= 0.3 is 0 Å². The Labute approximate surface area is 154 Å². The second-order valence-electron chi connectivity index (χ2n) is 6.23. The van der Waals surface area contributed by atoms with Crippen molar-refractivity contribution in [3.8, 4) is 0 Å². The number of guanidine groups is 1. The van der Waals surface area contributed by atoms with Gasteiger partial charge < -0.3 is 10.6 Å². The molecule has 1 aliphatic rings. The van der Waals surface area contributed by atoms with Crippen molar-refractivity contribution in [3.05, 3.63) is 34.6 Å². The van der Waals surface area contributed by atoms with Crippen molar-refractivity contribution in [2.24, 2.45) is 10.7 Å². The summed E-state index contributed by atoms with van der Waals surface area (Å²) in [5.74, 6) is 0.275. The summed E-state index contributed by atoms with van der Waals surface area (Å²) in [6.45, 7) is 6.57. The molecule has 0 aliphatic carbocycles. The summed E-state index contributed by atoms with van der Waals surface area (Å²) in [5, 5.41) is 0.437. The van der Waals surface area contributed by atoms with Crippen molar-refractivity contribution in [2.75, 3.05) is 19.6 Å². The Kier molecular flexibility index (Phi) is 7.38. The number of nitrogens with zero attached hydrogens (tertiary/aromatic N) is 2. The Balaban J connectivity index is 0.00000242. The van der Waals surface area contributed by atoms with Crippen LogP contribution in [-0.2, 0) is 5.41 Å². The maximum absolute atomic E-state index is 13.2. The molecule has 1 fully saturated rings. The highest BCUT2D eigenvalue weighted by Crippen LogP contribution is 2.30. The molecule has 1 aromatic carbocycles. The van der Waals surface area contributed by atoms with E-state index in [0.717, 1.165) is 18.7 Å². The van der Waals surface area contributed by atoms with Crippen molar-refractivity contribution >= 4 is 41.5 Å². The van der Waals surface area contributed by atoms with Crippen LogP contribution in [-0.4, -0.2) is 30.5 Å². The first-order valence-corrected chi connectivity index (χ1v) is 7.78. The molecule has 2 rings (SSSR count). The SMILES string of the molecule is CC(C)(CN=C(N)N1CCCCC1)c1ccc(F)cc1Cl.I. The van der Waals surface area contributed by atoms with Gasteiger partial charge in [-0.1, -0.05) is 31.5 Å². The number of nitrogens with two attached hydrogens (primary N) is 1. The normalized spacial score (nSPS) is 16.4. The van der Waals surface area contributed by atoms with Crippen LogP contribution < -0.4 is 5.73 Å². The molecule has 0 spiro atoms. The summed E-state index contributed by atoms with van der Waals surface area (Å²) in [7, 11) is 0. The lowest BCUT2D eigenvalue weighted by molar-refractivity contribution is 0.337. The van der Waals surface area contributed by atoms with Crippen molar-refractivity contribution in [3.63, 3.8) is 0 Å². The molecule has 0 radical (unpaired) electrons. The van der Waals surface area contributed by atoms with E-state index in [1.807, 2.05) is 13.8 Å². The Morgan fingerprint density at radius 2 is 1.95 bits per heavy atom. The van der Waals surface area contributed by atoms with Gasteiger partial charge in [0.15, 0.2) is 5.96 Å². The molecule has 22 heavy (non-hydrogen) atoms. The Morgan fingerprint density at radius 1 is 1.32 bits per heavy atom. The third-order valence-corrected chi connectivity index (χ3v) is 4.29. The third-order valence-electron chi connectivity index (χ3n) is 3.98. The molecule has 0 saturated carbocycles. The fourth-order valence-electron chi connectivity index (χ4n) is 2.63. The number of likely N-dealkylation sites (tertiary alicyclic amines) is 1. The first-order valence-electron chi connectivity index (χ1n) is 7.40. The molecule has 2 N–H and O–H groups in total. The van der Waals surface area contributed by atoms with Crippen LogP contribution in [0.25, 0.3) is 0 Å². The molecule has 1 aliphatic heterocycles. The lowest BCUT2D eigenvalue weighted by atomic mass is 9.84. The van der Waals surface area contributed by atoms with Gasteiger partial charge in [-0.05, 0) is 37.0 Å². The number of hydrogen-bond donors (Lipinski definition) is 1. The number of aliphatic imine (C=N–C) groups is 1. The molecular weight excluding hydrogens is 416 g/mol. The fourth-order valence-corrected chi connectivity index (χ4v) is 3.05. The highest BCUT2D eigenvalue weighted by atomic mass is 127. The summed E-state index contributed by atoms with van der Waals surface area (Å²) < 4.78 is 13.2. The van der Waals surface area contributed by atoms with Gasteiger partial charge in [0.1, 0.15) is 5.82 Å². The molecule has 1 aromatic rings. The number of rotatable bonds is 3. The number of hydrogen-bond acceptors (Lipinski definition) is 1. The topological polar surface area (TPSA) is 41.6 Å². The monoisotopic (exact) mass is 439 g/mol. The predicted octanol–water partition coefficient (Wildman–Crippen LogP) is 4.18. The Hall–Kier alpha value is -0.560. The highest BCUT2D eigenvalue weighted by Gasteiger charge is 2.24. The number of benzene rings is 1. The molecular formula is C16H24ClFIN3. The van der Waals surface area contributed by atoms with E-state index in [9.17, 15) is 4.39 Å². The molecule has 0 unspecified atom stereocenters. The average molecular weight is 440 g/mol. The summed E-state index contributed by atoms with van der Waals surface area (Å²) in [6.07, 6.45) is 3.60. The smallest absolute Gasteiger partial charge is 0.191 e. The van der Waals surface area contributed by atoms with E-state index in [-0.39, 0.29) is 35.2 Å². The molecule has 6 heteroatoms. The van der Waals surface area contributed by atoms with E-state index in [1.165, 1.54) is 31.4 Å². The van der Waals surface area contributed by atoms with Gasteiger partial charge in [0.05, 0.1) is 6.54 Å². The zero-order valence-electron chi connectivity index (χ0n) is 13.1. The van der Waals surface area contributed by atoms with Crippen LogP contribution >= 0.6 is 35.6 Å². The van der Waals surface area contributed by atoms with Gasteiger partial charge in [0.25, 0.3) is 0 Å². The second kappa shape index (κ2) is 8.34. The molecule has 1 saturated heterocycles. The molecule has 1 heterocycles. The predicted molar refractivity (Wildman–Crippen MR) is 102 cm³/mol. The van der Waals surface area contributed by atoms with Gasteiger partial charge in [-0.2, -0.15) is 0 Å². The molecule has 0 aromatic heterocycles. The zero-order chi connectivity index (χ0) is 15.5. The van der Waals surface area contributed by atoms with Crippen molar-refractivity contribution in [1.29, 1.82) is 0 Å². The van der Waals surface area contributed by atoms with Crippen LogP contribution in [0.1, 0.15) is 38.7 Å². The van der Waals surface area contributed by atoms with E-state index in [0.29, 0.717) is 17.5 Å². The quantitative estimate of drug-likeness (QED) is 0.436. The lowest BCUT2D eigenvalue weighted by Crippen LogP contribution is -2.41. The minimum Gasteiger partial charge on any atom is -0.370 e. The fraction of sp³-hybridized carbons (Fsp3) is 0.562. The largest absolute Gasteiger partial charge is 0.370 e. The van der Waals surface area contributed by atoms with Crippen LogP contribution in [0.2, 0.25) is 5.02 Å². The van der Waals surface area contributed by atoms with E-state index in [1.54, 1.807) is 6.07 Å². The van der Waals surface area contributed by atoms with Gasteiger partial charge in [-0.3, -0.25) is 4.99 Å². The van der Waals surface area contributed by atoms with Crippen LogP contribution in [0, 0.1) is 5.82 Å². The van der Waals surface area contributed by atoms with Crippen molar-refractivity contribution in [1.82, 2.24) is 4.90 Å². The molecule has 0 amide bonds. The molecule has 3 nitrogen and oxygen atoms in total. The molecule has 0 atom stereocenters.